The maximum Gasteiger partial charge on any atom is 0.257 e. The van der Waals surface area contributed by atoms with E-state index in [1.807, 2.05) is 42.7 Å². The number of carbonyl (C=O) groups is 1. The van der Waals surface area contributed by atoms with E-state index in [4.69, 9.17) is 0 Å². The molecule has 2 aromatic carbocycles. The molecule has 0 radical (unpaired) electrons. The average molecular weight is 480 g/mol. The van der Waals surface area contributed by atoms with Crippen molar-refractivity contribution in [2.24, 2.45) is 5.41 Å². The van der Waals surface area contributed by atoms with Crippen molar-refractivity contribution < 1.29 is 9.90 Å². The van der Waals surface area contributed by atoms with Gasteiger partial charge in [-0.05, 0) is 60.2 Å². The fourth-order valence-electron chi connectivity index (χ4n) is 4.27. The molecule has 1 amide bonds. The fraction of sp³-hybridized carbons (Fsp3) is 0.233. The van der Waals surface area contributed by atoms with Crippen molar-refractivity contribution >= 4 is 16.9 Å². The molecule has 2 N–H and O–H groups in total. The molecule has 5 rings (SSSR count). The van der Waals surface area contributed by atoms with Gasteiger partial charge in [-0.2, -0.15) is 0 Å². The van der Waals surface area contributed by atoms with Crippen LogP contribution in [0.25, 0.3) is 27.8 Å². The molecule has 1 aliphatic carbocycles. The number of aliphatic hydroxyl groups excluding tert-OH is 1. The number of allylic oxidation sites excluding steroid dienone is 1. The molecule has 0 spiro atoms. The van der Waals surface area contributed by atoms with Gasteiger partial charge in [0.25, 0.3) is 5.91 Å². The Balaban J connectivity index is 1.53. The highest BCUT2D eigenvalue weighted by Gasteiger charge is 2.26. The lowest BCUT2D eigenvalue weighted by Crippen LogP contribution is -2.31. The summed E-state index contributed by atoms with van der Waals surface area (Å²) in [5.74, 6) is -0.173. The van der Waals surface area contributed by atoms with Gasteiger partial charge in [-0.1, -0.05) is 56.8 Å². The van der Waals surface area contributed by atoms with E-state index in [-0.39, 0.29) is 28.7 Å². The Morgan fingerprint density at radius 2 is 1.86 bits per heavy atom. The number of aliphatic hydroxyl groups is 1. The molecule has 6 nitrogen and oxygen atoms in total. The van der Waals surface area contributed by atoms with Crippen molar-refractivity contribution in [3.05, 3.63) is 107 Å². The number of pyridine rings is 2. The number of nitrogens with one attached hydrogen (secondary N) is 1. The Morgan fingerprint density at radius 3 is 2.56 bits per heavy atom. The molecule has 0 atom stereocenters. The summed E-state index contributed by atoms with van der Waals surface area (Å²) in [6.45, 7) is 7.62. The van der Waals surface area contributed by atoms with E-state index in [2.05, 4.69) is 41.1 Å². The van der Waals surface area contributed by atoms with Gasteiger partial charge >= 0.3 is 0 Å². The summed E-state index contributed by atoms with van der Waals surface area (Å²) in [5.41, 5.74) is 3.85. The Morgan fingerprint density at radius 1 is 1.11 bits per heavy atom. The summed E-state index contributed by atoms with van der Waals surface area (Å²) in [7, 11) is 0. The molecule has 4 aromatic rings. The van der Waals surface area contributed by atoms with Gasteiger partial charge in [0, 0.05) is 29.5 Å². The number of hydrogen-bond acceptors (Lipinski definition) is 4. The Labute approximate surface area is 209 Å². The molecule has 6 heteroatoms. The first-order valence-electron chi connectivity index (χ1n) is 12.1. The number of rotatable bonds is 7. The van der Waals surface area contributed by atoms with E-state index in [0.717, 1.165) is 35.2 Å². The second kappa shape index (κ2) is 9.11. The van der Waals surface area contributed by atoms with Crippen LogP contribution in [0.15, 0.2) is 90.2 Å². The Kier molecular flexibility index (Phi) is 5.96. The molecule has 36 heavy (non-hydrogen) atoms. The van der Waals surface area contributed by atoms with Crippen molar-refractivity contribution in [3.8, 4) is 16.8 Å². The molecule has 0 bridgehead atoms. The van der Waals surface area contributed by atoms with Gasteiger partial charge in [-0.3, -0.25) is 9.59 Å². The van der Waals surface area contributed by atoms with Crippen LogP contribution >= 0.6 is 0 Å². The van der Waals surface area contributed by atoms with Crippen LogP contribution in [0, 0.1) is 5.41 Å². The molecule has 182 valence electrons. The van der Waals surface area contributed by atoms with Crippen molar-refractivity contribution in [2.75, 3.05) is 0 Å². The van der Waals surface area contributed by atoms with Gasteiger partial charge in [0.1, 0.15) is 11.2 Å². The molecular weight excluding hydrogens is 450 g/mol. The van der Waals surface area contributed by atoms with E-state index >= 15 is 0 Å². The molecule has 0 aliphatic heterocycles. The van der Waals surface area contributed by atoms with E-state index in [9.17, 15) is 14.7 Å². The number of fused-ring (bicyclic) bond motifs is 1. The minimum absolute atomic E-state index is 0.116. The summed E-state index contributed by atoms with van der Waals surface area (Å²) in [6.07, 6.45) is 5.82. The first-order chi connectivity index (χ1) is 17.2. The second-order valence-electron chi connectivity index (χ2n) is 10.1. The van der Waals surface area contributed by atoms with Gasteiger partial charge in [0.15, 0.2) is 0 Å². The lowest BCUT2D eigenvalue weighted by Gasteiger charge is -2.23. The summed E-state index contributed by atoms with van der Waals surface area (Å²) in [4.78, 5) is 30.4. The third-order valence-electron chi connectivity index (χ3n) is 6.76. The lowest BCUT2D eigenvalue weighted by molar-refractivity contribution is 0.0949. The quantitative estimate of drug-likeness (QED) is 0.339. The summed E-state index contributed by atoms with van der Waals surface area (Å²) in [6, 6.07) is 19.7. The van der Waals surface area contributed by atoms with Gasteiger partial charge < -0.3 is 15.0 Å². The maximum atomic E-state index is 13.1. The second-order valence-corrected chi connectivity index (χ2v) is 10.1. The van der Waals surface area contributed by atoms with Crippen LogP contribution in [-0.2, 0) is 6.42 Å². The Bertz CT molecular complexity index is 1530. The van der Waals surface area contributed by atoms with Crippen LogP contribution in [-0.4, -0.2) is 26.6 Å². The topological polar surface area (TPSA) is 84.2 Å². The van der Waals surface area contributed by atoms with Gasteiger partial charge in [-0.25, -0.2) is 4.98 Å². The van der Waals surface area contributed by atoms with Gasteiger partial charge in [0.2, 0.25) is 5.43 Å². The molecule has 1 aliphatic rings. The van der Waals surface area contributed by atoms with Crippen molar-refractivity contribution in [2.45, 2.75) is 39.2 Å². The van der Waals surface area contributed by atoms with E-state index < -0.39 is 5.41 Å². The van der Waals surface area contributed by atoms with E-state index in [1.165, 1.54) is 0 Å². The third kappa shape index (κ3) is 4.67. The minimum Gasteiger partial charge on any atom is -0.512 e. The average Bonchev–Trinajstić information content (AvgIpc) is 3.68. The van der Waals surface area contributed by atoms with Crippen LogP contribution in [0.3, 0.4) is 0 Å². The third-order valence-corrected chi connectivity index (χ3v) is 6.76. The van der Waals surface area contributed by atoms with Crippen molar-refractivity contribution in [3.63, 3.8) is 0 Å². The van der Waals surface area contributed by atoms with Crippen molar-refractivity contribution in [1.82, 2.24) is 14.9 Å². The number of hydrogen-bond donors (Lipinski definition) is 2. The highest BCUT2D eigenvalue weighted by atomic mass is 16.3. The van der Waals surface area contributed by atoms with Crippen LogP contribution < -0.4 is 10.7 Å². The molecule has 1 saturated carbocycles. The first kappa shape index (κ1) is 23.5. The number of amides is 1. The van der Waals surface area contributed by atoms with Crippen LogP contribution in [0.2, 0.25) is 0 Å². The summed E-state index contributed by atoms with van der Waals surface area (Å²) < 4.78 is 1.81. The van der Waals surface area contributed by atoms with Gasteiger partial charge in [-0.15, -0.1) is 0 Å². The maximum absolute atomic E-state index is 13.1. The molecule has 0 saturated heterocycles. The molecule has 2 heterocycles. The fourth-order valence-corrected chi connectivity index (χ4v) is 4.27. The normalized spacial score (nSPS) is 13.5. The highest BCUT2D eigenvalue weighted by Crippen LogP contribution is 2.30. The molecule has 2 aromatic heterocycles. The standard InChI is InChI=1S/C30H29N3O3/c1-19(34)30(2,3)17-20-9-11-21(12-10-20)22-6-4-7-24(16-22)33-18-26(29(36)32-23-13-14-23)27(35)25-8-5-15-31-28(25)33/h4-12,15-16,18,23,34H,1,13-14,17H2,2-3H3,(H,32,36). The smallest absolute Gasteiger partial charge is 0.257 e. The highest BCUT2D eigenvalue weighted by molar-refractivity contribution is 5.97. The number of aromatic nitrogens is 2. The van der Waals surface area contributed by atoms with Crippen LogP contribution in [0.1, 0.15) is 42.6 Å². The van der Waals surface area contributed by atoms with Crippen LogP contribution in [0.5, 0.6) is 0 Å². The zero-order chi connectivity index (χ0) is 25.4. The minimum atomic E-state index is -0.399. The number of nitrogens with zero attached hydrogens (tertiary/aromatic N) is 2. The monoisotopic (exact) mass is 479 g/mol. The molecular formula is C30H29N3O3. The summed E-state index contributed by atoms with van der Waals surface area (Å²) in [5, 5.41) is 13.2. The number of carbonyl (C=O) groups excluding carboxylic acids is 1. The molecule has 1 fully saturated rings. The van der Waals surface area contributed by atoms with Crippen molar-refractivity contribution in [1.29, 1.82) is 0 Å². The first-order valence-corrected chi connectivity index (χ1v) is 12.1. The zero-order valence-corrected chi connectivity index (χ0v) is 20.5. The predicted molar refractivity (Wildman–Crippen MR) is 143 cm³/mol. The Hall–Kier alpha value is -4.19. The van der Waals surface area contributed by atoms with E-state index in [0.29, 0.717) is 17.5 Å². The van der Waals surface area contributed by atoms with Gasteiger partial charge in [0.05, 0.1) is 11.1 Å². The summed E-state index contributed by atoms with van der Waals surface area (Å²) >= 11 is 0. The lowest BCUT2D eigenvalue weighted by atomic mass is 9.84. The molecule has 0 unspecified atom stereocenters. The number of benzene rings is 2. The van der Waals surface area contributed by atoms with Crippen LogP contribution in [0.4, 0.5) is 0 Å². The largest absolute Gasteiger partial charge is 0.512 e. The predicted octanol–water partition coefficient (Wildman–Crippen LogP) is 5.59. The van der Waals surface area contributed by atoms with E-state index in [1.54, 1.807) is 24.5 Å². The SMILES string of the molecule is C=C(O)C(C)(C)Cc1ccc(-c2cccc(-n3cc(C(=O)NC4CC4)c(=O)c4cccnc43)c2)cc1. The zero-order valence-electron chi connectivity index (χ0n) is 20.5.